The Labute approximate surface area is 160 Å². The number of anilines is 1. The summed E-state index contributed by atoms with van der Waals surface area (Å²) in [6, 6.07) is 5.92. The second-order valence-corrected chi connectivity index (χ2v) is 6.78. The molecule has 148 valence electrons. The number of nitrogens with zero attached hydrogens (tertiary/aromatic N) is 3. The predicted molar refractivity (Wildman–Crippen MR) is 104 cm³/mol. The third-order valence-electron chi connectivity index (χ3n) is 4.73. The minimum atomic E-state index is -0.331. The summed E-state index contributed by atoms with van der Waals surface area (Å²) in [5.41, 5.74) is 2.99. The van der Waals surface area contributed by atoms with Gasteiger partial charge in [0.05, 0.1) is 6.61 Å². The molecule has 0 radical (unpaired) electrons. The van der Waals surface area contributed by atoms with Crippen LogP contribution in [0.15, 0.2) is 18.2 Å². The molecule has 1 aromatic rings. The minimum Gasteiger partial charge on any atom is -0.450 e. The van der Waals surface area contributed by atoms with Crippen LogP contribution < -0.4 is 4.90 Å². The van der Waals surface area contributed by atoms with Crippen molar-refractivity contribution in [3.05, 3.63) is 29.3 Å². The fourth-order valence-corrected chi connectivity index (χ4v) is 3.27. The molecule has 7 heteroatoms. The van der Waals surface area contributed by atoms with Crippen LogP contribution >= 0.6 is 0 Å². The Balaban J connectivity index is 1.91. The Morgan fingerprint density at radius 3 is 2.26 bits per heavy atom. The van der Waals surface area contributed by atoms with Crippen molar-refractivity contribution in [1.82, 2.24) is 9.80 Å². The van der Waals surface area contributed by atoms with Crippen molar-refractivity contribution in [2.45, 2.75) is 34.1 Å². The van der Waals surface area contributed by atoms with E-state index in [9.17, 15) is 14.4 Å². The van der Waals surface area contributed by atoms with E-state index in [1.165, 1.54) is 6.92 Å². The zero-order valence-electron chi connectivity index (χ0n) is 16.7. The van der Waals surface area contributed by atoms with E-state index in [1.807, 2.05) is 32.0 Å². The maximum absolute atomic E-state index is 12.6. The van der Waals surface area contributed by atoms with Crippen molar-refractivity contribution in [3.63, 3.8) is 0 Å². The van der Waals surface area contributed by atoms with Gasteiger partial charge < -0.3 is 19.4 Å². The zero-order valence-corrected chi connectivity index (χ0v) is 16.7. The largest absolute Gasteiger partial charge is 0.450 e. The standard InChI is InChI=1S/C20H29N3O4/c1-5-27-20(26)22-12-10-21(11-13-22)19(25)8-9-23(17(4)24)18-7-6-15(2)14-16(18)3/h6-7,14H,5,8-13H2,1-4H3. The maximum atomic E-state index is 12.6. The molecule has 1 saturated heterocycles. The van der Waals surface area contributed by atoms with Gasteiger partial charge in [-0.3, -0.25) is 9.59 Å². The van der Waals surface area contributed by atoms with Gasteiger partial charge in [0.15, 0.2) is 0 Å². The number of carbonyl (C=O) groups excluding carboxylic acids is 3. The lowest BCUT2D eigenvalue weighted by Crippen LogP contribution is -2.51. The predicted octanol–water partition coefficient (Wildman–Crippen LogP) is 2.35. The number of hydrogen-bond donors (Lipinski definition) is 0. The average Bonchev–Trinajstić information content (AvgIpc) is 2.63. The first-order valence-corrected chi connectivity index (χ1v) is 9.38. The van der Waals surface area contributed by atoms with Crippen LogP contribution in [0, 0.1) is 13.8 Å². The van der Waals surface area contributed by atoms with E-state index in [0.717, 1.165) is 16.8 Å². The van der Waals surface area contributed by atoms with Crippen LogP contribution in [0.3, 0.4) is 0 Å². The monoisotopic (exact) mass is 375 g/mol. The SMILES string of the molecule is CCOC(=O)N1CCN(C(=O)CCN(C(C)=O)c2ccc(C)cc2C)CC1. The summed E-state index contributed by atoms with van der Waals surface area (Å²) >= 11 is 0. The van der Waals surface area contributed by atoms with Crippen molar-refractivity contribution in [2.75, 3.05) is 44.2 Å². The van der Waals surface area contributed by atoms with Gasteiger partial charge in [-0.25, -0.2) is 4.79 Å². The lowest BCUT2D eigenvalue weighted by Gasteiger charge is -2.34. The first-order chi connectivity index (χ1) is 12.8. The number of benzene rings is 1. The average molecular weight is 375 g/mol. The molecule has 0 unspecified atom stereocenters. The Morgan fingerprint density at radius 1 is 1.07 bits per heavy atom. The Bertz CT molecular complexity index is 696. The minimum absolute atomic E-state index is 0.00507. The van der Waals surface area contributed by atoms with E-state index in [-0.39, 0.29) is 24.3 Å². The van der Waals surface area contributed by atoms with Crippen LogP contribution in [0.5, 0.6) is 0 Å². The molecule has 1 fully saturated rings. The summed E-state index contributed by atoms with van der Waals surface area (Å²) in [7, 11) is 0. The third kappa shape index (κ3) is 5.45. The fourth-order valence-electron chi connectivity index (χ4n) is 3.27. The zero-order chi connectivity index (χ0) is 20.0. The molecule has 0 atom stereocenters. The lowest BCUT2D eigenvalue weighted by atomic mass is 10.1. The molecule has 1 aliphatic rings. The van der Waals surface area contributed by atoms with Crippen LogP contribution in [0.1, 0.15) is 31.4 Å². The van der Waals surface area contributed by atoms with E-state index in [1.54, 1.807) is 21.6 Å². The van der Waals surface area contributed by atoms with E-state index >= 15 is 0 Å². The quantitative estimate of drug-likeness (QED) is 0.792. The topological polar surface area (TPSA) is 70.2 Å². The van der Waals surface area contributed by atoms with Crippen LogP contribution in [0.4, 0.5) is 10.5 Å². The highest BCUT2D eigenvalue weighted by atomic mass is 16.6. The molecule has 2 rings (SSSR count). The first-order valence-electron chi connectivity index (χ1n) is 9.38. The number of ether oxygens (including phenoxy) is 1. The van der Waals surface area contributed by atoms with Gasteiger partial charge in [-0.05, 0) is 32.4 Å². The number of rotatable bonds is 5. The molecule has 1 aliphatic heterocycles. The molecule has 27 heavy (non-hydrogen) atoms. The molecule has 0 saturated carbocycles. The fraction of sp³-hybridized carbons (Fsp3) is 0.550. The maximum Gasteiger partial charge on any atom is 0.409 e. The Hall–Kier alpha value is -2.57. The summed E-state index contributed by atoms with van der Waals surface area (Å²) in [6.07, 6.45) is -0.0750. The molecule has 0 aliphatic carbocycles. The molecular formula is C20H29N3O4. The number of amides is 3. The second kappa shape index (κ2) is 9.39. The van der Waals surface area contributed by atoms with Gasteiger partial charge in [0.1, 0.15) is 0 Å². The highest BCUT2D eigenvalue weighted by Gasteiger charge is 2.25. The summed E-state index contributed by atoms with van der Waals surface area (Å²) in [5.74, 6) is -0.0867. The van der Waals surface area contributed by atoms with Crippen molar-refractivity contribution in [2.24, 2.45) is 0 Å². The Kier molecular flexibility index (Phi) is 7.21. The molecule has 0 bridgehead atoms. The third-order valence-corrected chi connectivity index (χ3v) is 4.73. The van der Waals surface area contributed by atoms with Crippen LogP contribution in [0.2, 0.25) is 0 Å². The van der Waals surface area contributed by atoms with Crippen LogP contribution in [0.25, 0.3) is 0 Å². The van der Waals surface area contributed by atoms with Gasteiger partial charge in [0.25, 0.3) is 0 Å². The van der Waals surface area contributed by atoms with Crippen molar-refractivity contribution >= 4 is 23.6 Å². The molecule has 0 spiro atoms. The molecule has 1 heterocycles. The second-order valence-electron chi connectivity index (χ2n) is 6.78. The summed E-state index contributed by atoms with van der Waals surface area (Å²) in [5, 5.41) is 0. The number of hydrogen-bond acceptors (Lipinski definition) is 4. The number of piperazine rings is 1. The van der Waals surface area contributed by atoms with E-state index in [4.69, 9.17) is 4.74 Å². The first kappa shape index (κ1) is 20.7. The van der Waals surface area contributed by atoms with Gasteiger partial charge in [0, 0.05) is 51.8 Å². The van der Waals surface area contributed by atoms with Gasteiger partial charge in [-0.2, -0.15) is 0 Å². The van der Waals surface area contributed by atoms with Crippen LogP contribution in [-0.4, -0.2) is 67.0 Å². The smallest absolute Gasteiger partial charge is 0.409 e. The Morgan fingerprint density at radius 2 is 1.70 bits per heavy atom. The van der Waals surface area contributed by atoms with E-state index in [0.29, 0.717) is 39.3 Å². The van der Waals surface area contributed by atoms with Gasteiger partial charge in [0.2, 0.25) is 11.8 Å². The van der Waals surface area contributed by atoms with Gasteiger partial charge >= 0.3 is 6.09 Å². The summed E-state index contributed by atoms with van der Waals surface area (Å²) < 4.78 is 4.99. The van der Waals surface area contributed by atoms with E-state index < -0.39 is 0 Å². The molecule has 0 N–H and O–H groups in total. The molecular weight excluding hydrogens is 346 g/mol. The summed E-state index contributed by atoms with van der Waals surface area (Å²) in [6.45, 7) is 9.87. The summed E-state index contributed by atoms with van der Waals surface area (Å²) in [4.78, 5) is 41.4. The van der Waals surface area contributed by atoms with Crippen LogP contribution in [-0.2, 0) is 14.3 Å². The lowest BCUT2D eigenvalue weighted by molar-refractivity contribution is -0.132. The molecule has 0 aromatic heterocycles. The van der Waals surface area contributed by atoms with Crippen molar-refractivity contribution < 1.29 is 19.1 Å². The highest BCUT2D eigenvalue weighted by Crippen LogP contribution is 2.22. The molecule has 1 aromatic carbocycles. The molecule has 3 amide bonds. The van der Waals surface area contributed by atoms with E-state index in [2.05, 4.69) is 0 Å². The van der Waals surface area contributed by atoms with Crippen molar-refractivity contribution in [1.29, 1.82) is 0 Å². The van der Waals surface area contributed by atoms with Crippen molar-refractivity contribution in [3.8, 4) is 0 Å². The highest BCUT2D eigenvalue weighted by molar-refractivity contribution is 5.93. The number of carbonyl (C=O) groups is 3. The normalized spacial score (nSPS) is 14.1. The van der Waals surface area contributed by atoms with Gasteiger partial charge in [-0.15, -0.1) is 0 Å². The molecule has 7 nitrogen and oxygen atoms in total. The van der Waals surface area contributed by atoms with Gasteiger partial charge in [-0.1, -0.05) is 17.7 Å². The number of aryl methyl sites for hydroxylation is 2.